The van der Waals surface area contributed by atoms with Crippen molar-refractivity contribution < 1.29 is 14.6 Å². The number of unbranched alkanes of at least 4 members (excludes halogenated alkanes) is 1. The molecule has 0 saturated carbocycles. The van der Waals surface area contributed by atoms with Gasteiger partial charge in [0.05, 0.1) is 6.61 Å². The minimum atomic E-state index is -0.195. The van der Waals surface area contributed by atoms with Crippen LogP contribution in [0.4, 0.5) is 0 Å². The predicted octanol–water partition coefficient (Wildman–Crippen LogP) is 5.78. The molecule has 0 amide bonds. The third-order valence-corrected chi connectivity index (χ3v) is 5.77. The zero-order valence-corrected chi connectivity index (χ0v) is 19.2. The molecule has 0 bridgehead atoms. The lowest BCUT2D eigenvalue weighted by Gasteiger charge is -2.15. The Morgan fingerprint density at radius 1 is 1.19 bits per heavy atom. The quantitative estimate of drug-likeness (QED) is 0.402. The van der Waals surface area contributed by atoms with Gasteiger partial charge in [-0.1, -0.05) is 50.8 Å². The van der Waals surface area contributed by atoms with Crippen molar-refractivity contribution in [2.45, 2.75) is 59.3 Å². The maximum atomic E-state index is 12.3. The van der Waals surface area contributed by atoms with Crippen LogP contribution in [0.2, 0.25) is 5.02 Å². The molecule has 0 fully saturated rings. The number of aromatic nitrogens is 3. The maximum absolute atomic E-state index is 12.3. The molecule has 31 heavy (non-hydrogen) atoms. The second kappa shape index (κ2) is 10.6. The zero-order valence-electron chi connectivity index (χ0n) is 18.4. The number of benzene rings is 2. The Hall–Kier alpha value is -2.60. The standard InChI is InChI=1S/C24H30ClN3O3/c1-4-6-7-17(5-2)15-31-23(29)11-8-18-12-16(3)24(30)22(13-18)28-26-20-10-9-19(25)14-21(20)27-28/h9-10,12-14,17,30H,4-8,11,15H2,1-3H3. The van der Waals surface area contributed by atoms with Gasteiger partial charge in [-0.2, -0.15) is 0 Å². The Balaban J connectivity index is 1.68. The average Bonchev–Trinajstić information content (AvgIpc) is 3.17. The molecule has 0 aliphatic rings. The molecule has 0 saturated heterocycles. The molecule has 0 aliphatic heterocycles. The zero-order chi connectivity index (χ0) is 22.4. The first-order valence-electron chi connectivity index (χ1n) is 10.9. The summed E-state index contributed by atoms with van der Waals surface area (Å²) < 4.78 is 5.50. The number of phenolic OH excluding ortho intramolecular Hbond substituents is 1. The van der Waals surface area contributed by atoms with Gasteiger partial charge in [-0.25, -0.2) is 0 Å². The van der Waals surface area contributed by atoms with E-state index in [0.29, 0.717) is 46.3 Å². The largest absolute Gasteiger partial charge is 0.505 e. The van der Waals surface area contributed by atoms with E-state index in [1.807, 2.05) is 19.1 Å². The van der Waals surface area contributed by atoms with Crippen LogP contribution in [0.15, 0.2) is 30.3 Å². The van der Waals surface area contributed by atoms with E-state index in [9.17, 15) is 9.90 Å². The number of phenols is 1. The van der Waals surface area contributed by atoms with E-state index in [4.69, 9.17) is 16.3 Å². The van der Waals surface area contributed by atoms with E-state index < -0.39 is 0 Å². The molecule has 1 unspecified atom stereocenters. The smallest absolute Gasteiger partial charge is 0.306 e. The fourth-order valence-electron chi connectivity index (χ4n) is 3.55. The van der Waals surface area contributed by atoms with Gasteiger partial charge in [0.2, 0.25) is 0 Å². The molecular formula is C24H30ClN3O3. The van der Waals surface area contributed by atoms with Gasteiger partial charge in [0.25, 0.3) is 0 Å². The summed E-state index contributed by atoms with van der Waals surface area (Å²) in [6.45, 7) is 6.61. The van der Waals surface area contributed by atoms with Gasteiger partial charge in [0.1, 0.15) is 22.5 Å². The van der Waals surface area contributed by atoms with Crippen molar-refractivity contribution in [3.8, 4) is 11.4 Å². The summed E-state index contributed by atoms with van der Waals surface area (Å²) >= 11 is 6.04. The van der Waals surface area contributed by atoms with Crippen LogP contribution in [-0.2, 0) is 16.0 Å². The Labute approximate surface area is 188 Å². The van der Waals surface area contributed by atoms with Crippen LogP contribution in [-0.4, -0.2) is 32.7 Å². The third-order valence-electron chi connectivity index (χ3n) is 5.54. The van der Waals surface area contributed by atoms with Crippen molar-refractivity contribution in [1.82, 2.24) is 15.0 Å². The number of aromatic hydroxyl groups is 1. The molecular weight excluding hydrogens is 414 g/mol. The van der Waals surface area contributed by atoms with Crippen molar-refractivity contribution >= 4 is 28.6 Å². The molecule has 1 heterocycles. The van der Waals surface area contributed by atoms with E-state index in [-0.39, 0.29) is 18.1 Å². The summed E-state index contributed by atoms with van der Waals surface area (Å²) in [6.07, 6.45) is 5.24. The summed E-state index contributed by atoms with van der Waals surface area (Å²) in [5.74, 6) is 0.346. The highest BCUT2D eigenvalue weighted by atomic mass is 35.5. The first kappa shape index (κ1) is 23.1. The highest BCUT2D eigenvalue weighted by Gasteiger charge is 2.15. The number of carbonyl (C=O) groups is 1. The van der Waals surface area contributed by atoms with Crippen LogP contribution in [0, 0.1) is 12.8 Å². The molecule has 3 rings (SSSR count). The number of esters is 1. The number of carbonyl (C=O) groups excluding carboxylic acids is 1. The lowest BCUT2D eigenvalue weighted by atomic mass is 10.0. The minimum Gasteiger partial charge on any atom is -0.505 e. The van der Waals surface area contributed by atoms with E-state index in [1.165, 1.54) is 4.80 Å². The van der Waals surface area contributed by atoms with Crippen molar-refractivity contribution in [2.24, 2.45) is 5.92 Å². The predicted molar refractivity (Wildman–Crippen MR) is 123 cm³/mol. The minimum absolute atomic E-state index is 0.111. The van der Waals surface area contributed by atoms with Crippen LogP contribution >= 0.6 is 11.6 Å². The number of halogens is 1. The van der Waals surface area contributed by atoms with Gasteiger partial charge in [0.15, 0.2) is 0 Å². The van der Waals surface area contributed by atoms with Gasteiger partial charge >= 0.3 is 5.97 Å². The first-order chi connectivity index (χ1) is 14.9. The van der Waals surface area contributed by atoms with E-state index in [1.54, 1.807) is 18.2 Å². The van der Waals surface area contributed by atoms with Crippen LogP contribution in [0.25, 0.3) is 16.7 Å². The number of hydrogen-bond donors (Lipinski definition) is 1. The number of aryl methyl sites for hydroxylation is 2. The normalized spacial score (nSPS) is 12.3. The number of rotatable bonds is 10. The highest BCUT2D eigenvalue weighted by molar-refractivity contribution is 6.31. The monoisotopic (exact) mass is 443 g/mol. The summed E-state index contributed by atoms with van der Waals surface area (Å²) in [6, 6.07) is 8.96. The van der Waals surface area contributed by atoms with E-state index in [2.05, 4.69) is 24.0 Å². The second-order valence-corrected chi connectivity index (χ2v) is 8.44. The summed E-state index contributed by atoms with van der Waals surface area (Å²) in [5, 5.41) is 20.0. The summed E-state index contributed by atoms with van der Waals surface area (Å²) in [7, 11) is 0. The molecule has 7 heteroatoms. The maximum Gasteiger partial charge on any atom is 0.306 e. The Bertz CT molecular complexity index is 1050. The molecule has 166 valence electrons. The van der Waals surface area contributed by atoms with Crippen LogP contribution in [0.5, 0.6) is 5.75 Å². The Morgan fingerprint density at radius 3 is 2.71 bits per heavy atom. The van der Waals surface area contributed by atoms with Crippen LogP contribution in [0.1, 0.15) is 57.1 Å². The molecule has 0 radical (unpaired) electrons. The van der Waals surface area contributed by atoms with E-state index in [0.717, 1.165) is 31.2 Å². The number of hydrogen-bond acceptors (Lipinski definition) is 5. The lowest BCUT2D eigenvalue weighted by molar-refractivity contribution is -0.145. The molecule has 1 aromatic heterocycles. The van der Waals surface area contributed by atoms with Crippen molar-refractivity contribution in [3.05, 3.63) is 46.5 Å². The molecule has 1 N–H and O–H groups in total. The summed E-state index contributed by atoms with van der Waals surface area (Å²) in [4.78, 5) is 13.7. The van der Waals surface area contributed by atoms with Gasteiger partial charge in [0, 0.05) is 11.4 Å². The first-order valence-corrected chi connectivity index (χ1v) is 11.3. The molecule has 0 aliphatic carbocycles. The molecule has 0 spiro atoms. The molecule has 6 nitrogen and oxygen atoms in total. The SMILES string of the molecule is CCCCC(CC)COC(=O)CCc1cc(C)c(O)c(-n2nc3ccc(Cl)cc3n2)c1. The van der Waals surface area contributed by atoms with E-state index >= 15 is 0 Å². The average molecular weight is 444 g/mol. The summed E-state index contributed by atoms with van der Waals surface area (Å²) in [5.41, 5.74) is 3.42. The second-order valence-electron chi connectivity index (χ2n) is 8.00. The van der Waals surface area contributed by atoms with Crippen LogP contribution < -0.4 is 0 Å². The Kier molecular flexibility index (Phi) is 7.91. The highest BCUT2D eigenvalue weighted by Crippen LogP contribution is 2.28. The Morgan fingerprint density at radius 2 is 1.97 bits per heavy atom. The van der Waals surface area contributed by atoms with Crippen molar-refractivity contribution in [3.63, 3.8) is 0 Å². The van der Waals surface area contributed by atoms with Crippen molar-refractivity contribution in [1.29, 1.82) is 0 Å². The number of ether oxygens (including phenoxy) is 1. The lowest BCUT2D eigenvalue weighted by Crippen LogP contribution is -2.14. The number of nitrogens with zero attached hydrogens (tertiary/aromatic N) is 3. The van der Waals surface area contributed by atoms with Crippen LogP contribution in [0.3, 0.4) is 0 Å². The fourth-order valence-corrected chi connectivity index (χ4v) is 3.72. The van der Waals surface area contributed by atoms with Gasteiger partial charge in [-0.15, -0.1) is 15.0 Å². The fraction of sp³-hybridized carbons (Fsp3) is 0.458. The molecule has 2 aromatic carbocycles. The third kappa shape index (κ3) is 5.97. The molecule has 3 aromatic rings. The van der Waals surface area contributed by atoms with Gasteiger partial charge in [-0.3, -0.25) is 4.79 Å². The topological polar surface area (TPSA) is 77.2 Å². The molecule has 1 atom stereocenters. The number of fused-ring (bicyclic) bond motifs is 1. The van der Waals surface area contributed by atoms with Gasteiger partial charge in [-0.05, 0) is 61.1 Å². The van der Waals surface area contributed by atoms with Crippen molar-refractivity contribution in [2.75, 3.05) is 6.61 Å². The van der Waals surface area contributed by atoms with Gasteiger partial charge < -0.3 is 9.84 Å².